The highest BCUT2D eigenvalue weighted by Crippen LogP contribution is 2.39. The van der Waals surface area contributed by atoms with Gasteiger partial charge in [-0.3, -0.25) is 0 Å². The number of hydrogen-bond donors (Lipinski definition) is 1. The lowest BCUT2D eigenvalue weighted by molar-refractivity contribution is -0.137. The van der Waals surface area contributed by atoms with E-state index in [1.807, 2.05) is 24.3 Å². The molecule has 0 fully saturated rings. The molecule has 0 aliphatic rings. The van der Waals surface area contributed by atoms with Crippen molar-refractivity contribution < 1.29 is 17.4 Å². The van der Waals surface area contributed by atoms with Gasteiger partial charge in [-0.2, -0.15) is 13.2 Å². The van der Waals surface area contributed by atoms with E-state index in [9.17, 15) is 17.4 Å². The van der Waals surface area contributed by atoms with Crippen molar-refractivity contribution in [3.05, 3.63) is 95.0 Å². The van der Waals surface area contributed by atoms with Gasteiger partial charge in [0, 0.05) is 4.47 Å². The van der Waals surface area contributed by atoms with Crippen molar-refractivity contribution in [1.82, 2.24) is 4.57 Å². The van der Waals surface area contributed by atoms with Crippen LogP contribution in [0.3, 0.4) is 0 Å². The van der Waals surface area contributed by atoms with Crippen LogP contribution in [-0.2, 0) is 17.2 Å². The van der Waals surface area contributed by atoms with Gasteiger partial charge in [0.25, 0.3) is 0 Å². The largest absolute Gasteiger partial charge is 0.418 e. The molecule has 3 aromatic carbocycles. The lowest BCUT2D eigenvalue weighted by Crippen LogP contribution is -2.12. The molecule has 0 amide bonds. The maximum Gasteiger partial charge on any atom is 0.418 e. The maximum atomic E-state index is 13.8. The SMILES string of the molecule is NS(=O)c1ccc(-c2ccc(-c3ccc(Br)cc3)n2-c2ccccc2C(F)(F)F)cc1. The third-order valence-corrected chi connectivity index (χ3v) is 6.12. The molecular formula is C23H16BrF3N2OS. The molecule has 1 aromatic heterocycles. The Balaban J connectivity index is 1.98. The lowest BCUT2D eigenvalue weighted by Gasteiger charge is -2.19. The van der Waals surface area contributed by atoms with E-state index in [2.05, 4.69) is 15.9 Å². The second-order valence-electron chi connectivity index (χ2n) is 6.78. The number of nitrogens with zero attached hydrogens (tertiary/aromatic N) is 1. The molecule has 0 spiro atoms. The Hall–Kier alpha value is -2.68. The van der Waals surface area contributed by atoms with Gasteiger partial charge in [0.2, 0.25) is 0 Å². The molecule has 0 aliphatic carbocycles. The summed E-state index contributed by atoms with van der Waals surface area (Å²) in [7, 11) is -1.64. The molecule has 0 saturated carbocycles. The van der Waals surface area contributed by atoms with Crippen molar-refractivity contribution in [2.75, 3.05) is 0 Å². The van der Waals surface area contributed by atoms with Crippen LogP contribution < -0.4 is 5.14 Å². The zero-order chi connectivity index (χ0) is 22.2. The molecular weight excluding hydrogens is 489 g/mol. The Morgan fingerprint density at radius 2 is 1.29 bits per heavy atom. The normalized spacial score (nSPS) is 12.7. The molecule has 0 saturated heterocycles. The Kier molecular flexibility index (Phi) is 5.88. The second-order valence-corrected chi connectivity index (χ2v) is 8.76. The average Bonchev–Trinajstić information content (AvgIpc) is 3.18. The zero-order valence-electron chi connectivity index (χ0n) is 15.9. The summed E-state index contributed by atoms with van der Waals surface area (Å²) in [5.41, 5.74) is 1.93. The molecule has 1 heterocycles. The number of aromatic nitrogens is 1. The summed E-state index contributed by atoms with van der Waals surface area (Å²) in [6.45, 7) is 0. The van der Waals surface area contributed by atoms with Crippen LogP contribution in [0.15, 0.2) is 94.3 Å². The molecule has 4 rings (SSSR count). The number of nitrogens with two attached hydrogens (primary N) is 1. The van der Waals surface area contributed by atoms with Crippen molar-refractivity contribution in [1.29, 1.82) is 0 Å². The summed E-state index contributed by atoms with van der Waals surface area (Å²) in [5, 5.41) is 5.42. The van der Waals surface area contributed by atoms with Crippen molar-refractivity contribution in [3.63, 3.8) is 0 Å². The summed E-state index contributed by atoms with van der Waals surface area (Å²) in [6, 6.07) is 23.0. The van der Waals surface area contributed by atoms with Gasteiger partial charge in [-0.1, -0.05) is 52.3 Å². The van der Waals surface area contributed by atoms with Gasteiger partial charge < -0.3 is 4.57 Å². The maximum absolute atomic E-state index is 13.8. The second kappa shape index (κ2) is 8.45. The van der Waals surface area contributed by atoms with Crippen molar-refractivity contribution in [2.24, 2.45) is 5.14 Å². The van der Waals surface area contributed by atoms with Gasteiger partial charge in [0.05, 0.1) is 27.5 Å². The van der Waals surface area contributed by atoms with Crippen LogP contribution in [0.25, 0.3) is 28.2 Å². The summed E-state index contributed by atoms with van der Waals surface area (Å²) < 4.78 is 55.5. The molecule has 158 valence electrons. The summed E-state index contributed by atoms with van der Waals surface area (Å²) in [4.78, 5) is 0.436. The van der Waals surface area contributed by atoms with Crippen LogP contribution >= 0.6 is 15.9 Å². The van der Waals surface area contributed by atoms with E-state index in [1.54, 1.807) is 47.0 Å². The molecule has 31 heavy (non-hydrogen) atoms. The molecule has 4 aromatic rings. The van der Waals surface area contributed by atoms with Crippen LogP contribution in [-0.4, -0.2) is 8.78 Å². The van der Waals surface area contributed by atoms with Crippen molar-refractivity contribution in [3.8, 4) is 28.2 Å². The number of para-hydroxylation sites is 1. The van der Waals surface area contributed by atoms with E-state index in [-0.39, 0.29) is 5.69 Å². The molecule has 1 unspecified atom stereocenters. The molecule has 1 atom stereocenters. The minimum Gasteiger partial charge on any atom is -0.309 e. The third kappa shape index (κ3) is 4.37. The predicted molar refractivity (Wildman–Crippen MR) is 120 cm³/mol. The zero-order valence-corrected chi connectivity index (χ0v) is 18.3. The lowest BCUT2D eigenvalue weighted by atomic mass is 10.1. The van der Waals surface area contributed by atoms with Gasteiger partial charge >= 0.3 is 6.18 Å². The Morgan fingerprint density at radius 3 is 1.81 bits per heavy atom. The number of benzene rings is 3. The highest BCUT2D eigenvalue weighted by Gasteiger charge is 2.34. The third-order valence-electron chi connectivity index (χ3n) is 4.85. The first-order valence-electron chi connectivity index (χ1n) is 9.16. The van der Waals surface area contributed by atoms with Gasteiger partial charge in [-0.15, -0.1) is 0 Å². The summed E-state index contributed by atoms with van der Waals surface area (Å²) >= 11 is 3.39. The fourth-order valence-electron chi connectivity index (χ4n) is 3.44. The highest BCUT2D eigenvalue weighted by atomic mass is 79.9. The monoisotopic (exact) mass is 504 g/mol. The van der Waals surface area contributed by atoms with Crippen LogP contribution in [0.5, 0.6) is 0 Å². The Labute approximate surface area is 188 Å². The minimum atomic E-state index is -4.52. The standard InChI is InChI=1S/C23H16BrF3N2OS/c24-17-9-5-15(6-10-17)20-13-14-21(16-7-11-18(12-8-16)31(28)30)29(20)22-4-2-1-3-19(22)23(25,26)27/h1-14H,28H2. The molecule has 3 nitrogen and oxygen atoms in total. The molecule has 0 aliphatic heterocycles. The van der Waals surface area contributed by atoms with Gasteiger partial charge in [0.15, 0.2) is 0 Å². The van der Waals surface area contributed by atoms with Gasteiger partial charge in [-0.05, 0) is 59.7 Å². The number of alkyl halides is 3. The van der Waals surface area contributed by atoms with Crippen LogP contribution in [0.4, 0.5) is 13.2 Å². The van der Waals surface area contributed by atoms with E-state index in [4.69, 9.17) is 5.14 Å². The number of hydrogen-bond acceptors (Lipinski definition) is 1. The first-order chi connectivity index (χ1) is 14.8. The van der Waals surface area contributed by atoms with E-state index >= 15 is 0 Å². The first-order valence-corrected chi connectivity index (χ1v) is 11.2. The molecule has 0 radical (unpaired) electrons. The topological polar surface area (TPSA) is 48.0 Å². The predicted octanol–water partition coefficient (Wildman–Crippen LogP) is 6.57. The Bertz CT molecular complexity index is 1250. The minimum absolute atomic E-state index is 0.0272. The summed E-state index contributed by atoms with van der Waals surface area (Å²) in [5.74, 6) is 0. The highest BCUT2D eigenvalue weighted by molar-refractivity contribution is 9.10. The van der Waals surface area contributed by atoms with E-state index in [1.165, 1.54) is 12.1 Å². The molecule has 2 N–H and O–H groups in total. The molecule has 0 bridgehead atoms. The fourth-order valence-corrected chi connectivity index (χ4v) is 4.10. The first kappa shape index (κ1) is 21.5. The Morgan fingerprint density at radius 1 is 0.774 bits per heavy atom. The van der Waals surface area contributed by atoms with Crippen molar-refractivity contribution >= 4 is 26.9 Å². The van der Waals surface area contributed by atoms with Crippen LogP contribution in [0.1, 0.15) is 5.56 Å². The van der Waals surface area contributed by atoms with Crippen LogP contribution in [0.2, 0.25) is 0 Å². The molecule has 8 heteroatoms. The quantitative estimate of drug-likeness (QED) is 0.335. The summed E-state index contributed by atoms with van der Waals surface area (Å²) in [6.07, 6.45) is -4.52. The van der Waals surface area contributed by atoms with E-state index in [0.29, 0.717) is 21.8 Å². The number of rotatable bonds is 4. The van der Waals surface area contributed by atoms with E-state index < -0.39 is 22.7 Å². The average molecular weight is 505 g/mol. The van der Waals surface area contributed by atoms with E-state index in [0.717, 1.165) is 16.1 Å². The fraction of sp³-hybridized carbons (Fsp3) is 0.0435. The van der Waals surface area contributed by atoms with Gasteiger partial charge in [0.1, 0.15) is 11.0 Å². The number of halogens is 4. The van der Waals surface area contributed by atoms with Crippen LogP contribution in [0, 0.1) is 0 Å². The smallest absolute Gasteiger partial charge is 0.309 e. The van der Waals surface area contributed by atoms with Crippen molar-refractivity contribution in [2.45, 2.75) is 11.1 Å². The van der Waals surface area contributed by atoms with Gasteiger partial charge in [-0.25, -0.2) is 9.35 Å².